The van der Waals surface area contributed by atoms with Gasteiger partial charge < -0.3 is 9.84 Å². The fraction of sp³-hybridized carbons (Fsp3) is 0.364. The van der Waals surface area contributed by atoms with E-state index in [0.717, 1.165) is 0 Å². The topological polar surface area (TPSA) is 63.6 Å². The molecular formula is C11H14O4S. The summed E-state index contributed by atoms with van der Waals surface area (Å²) in [7, 11) is 0.412. The molecule has 1 N–H and O–H groups in total. The minimum absolute atomic E-state index is 0.0833. The van der Waals surface area contributed by atoms with Crippen LogP contribution in [0.2, 0.25) is 0 Å². The summed E-state index contributed by atoms with van der Waals surface area (Å²) in [6, 6.07) is 6.05. The van der Waals surface area contributed by atoms with Crippen molar-refractivity contribution in [2.24, 2.45) is 0 Å². The molecular weight excluding hydrogens is 228 g/mol. The quantitative estimate of drug-likeness (QED) is 0.850. The van der Waals surface area contributed by atoms with Crippen LogP contribution in [0.1, 0.15) is 17.3 Å². The third-order valence-corrected chi connectivity index (χ3v) is 3.72. The molecule has 0 saturated heterocycles. The lowest BCUT2D eigenvalue weighted by atomic mass is 10.2. The van der Waals surface area contributed by atoms with Gasteiger partial charge in [-0.15, -0.1) is 0 Å². The molecule has 0 spiro atoms. The Balaban J connectivity index is 2.74. The zero-order chi connectivity index (χ0) is 12.1. The summed E-state index contributed by atoms with van der Waals surface area (Å²) >= 11 is 0. The Morgan fingerprint density at radius 2 is 2.00 bits per heavy atom. The van der Waals surface area contributed by atoms with Crippen LogP contribution in [0.3, 0.4) is 0 Å². The van der Waals surface area contributed by atoms with E-state index in [1.807, 2.05) is 6.92 Å². The fourth-order valence-corrected chi connectivity index (χ4v) is 2.32. The largest absolute Gasteiger partial charge is 0.478 e. The minimum Gasteiger partial charge on any atom is -0.478 e. The number of methoxy groups -OCH3 is 1. The minimum atomic E-state index is -1.15. The van der Waals surface area contributed by atoms with Crippen LogP contribution in [0.4, 0.5) is 0 Å². The van der Waals surface area contributed by atoms with Gasteiger partial charge in [-0.05, 0) is 31.2 Å². The van der Waals surface area contributed by atoms with Crippen molar-refractivity contribution in [3.63, 3.8) is 0 Å². The van der Waals surface area contributed by atoms with Crippen LogP contribution >= 0.6 is 0 Å². The number of hydrogen-bond donors (Lipinski definition) is 1. The molecule has 0 bridgehead atoms. The normalized spacial score (nSPS) is 14.4. The maximum Gasteiger partial charge on any atom is 0.335 e. The highest BCUT2D eigenvalue weighted by Gasteiger charge is 2.10. The van der Waals surface area contributed by atoms with Crippen molar-refractivity contribution in [1.29, 1.82) is 0 Å². The van der Waals surface area contributed by atoms with Crippen LogP contribution in [0.25, 0.3) is 0 Å². The number of aromatic carboxylic acids is 1. The third-order valence-electron chi connectivity index (χ3n) is 2.15. The van der Waals surface area contributed by atoms with Gasteiger partial charge >= 0.3 is 5.97 Å². The van der Waals surface area contributed by atoms with Gasteiger partial charge in [-0.2, -0.15) is 0 Å². The zero-order valence-corrected chi connectivity index (χ0v) is 9.99. The van der Waals surface area contributed by atoms with Crippen LogP contribution in [-0.2, 0) is 15.5 Å². The van der Waals surface area contributed by atoms with Gasteiger partial charge in [0.25, 0.3) is 0 Å². The molecule has 2 unspecified atom stereocenters. The molecule has 16 heavy (non-hydrogen) atoms. The van der Waals surface area contributed by atoms with Gasteiger partial charge in [0, 0.05) is 12.0 Å². The van der Waals surface area contributed by atoms with Gasteiger partial charge in [0.1, 0.15) is 0 Å². The first kappa shape index (κ1) is 12.9. The molecule has 1 rings (SSSR count). The summed E-state index contributed by atoms with van der Waals surface area (Å²) < 4.78 is 16.8. The molecule has 2 atom stereocenters. The molecule has 1 aromatic rings. The molecule has 0 aliphatic rings. The van der Waals surface area contributed by atoms with Gasteiger partial charge in [-0.1, -0.05) is 0 Å². The molecule has 0 saturated carbocycles. The van der Waals surface area contributed by atoms with Crippen molar-refractivity contribution in [3.8, 4) is 0 Å². The Labute approximate surface area is 96.7 Å². The van der Waals surface area contributed by atoms with Gasteiger partial charge in [0.05, 0.1) is 28.2 Å². The molecule has 88 valence electrons. The summed E-state index contributed by atoms with van der Waals surface area (Å²) in [5, 5.41) is 8.70. The van der Waals surface area contributed by atoms with Gasteiger partial charge in [0.2, 0.25) is 0 Å². The second kappa shape index (κ2) is 5.77. The Hall–Kier alpha value is -1.20. The van der Waals surface area contributed by atoms with Crippen molar-refractivity contribution >= 4 is 16.8 Å². The Morgan fingerprint density at radius 1 is 1.44 bits per heavy atom. The molecule has 4 nitrogen and oxygen atoms in total. The summed E-state index contributed by atoms with van der Waals surface area (Å²) in [5.41, 5.74) is 0.195. The molecule has 0 aliphatic heterocycles. The first-order chi connectivity index (χ1) is 7.54. The van der Waals surface area contributed by atoms with E-state index in [1.54, 1.807) is 19.2 Å². The summed E-state index contributed by atoms with van der Waals surface area (Å²) in [5.74, 6) is -0.578. The van der Waals surface area contributed by atoms with Crippen molar-refractivity contribution in [2.45, 2.75) is 17.9 Å². The highest BCUT2D eigenvalue weighted by Crippen LogP contribution is 2.10. The number of ether oxygens (including phenoxy) is 1. The van der Waals surface area contributed by atoms with Crippen molar-refractivity contribution < 1.29 is 18.8 Å². The number of carboxylic acids is 1. The predicted octanol–water partition coefficient (Wildman–Crippen LogP) is 1.53. The number of rotatable bonds is 5. The lowest BCUT2D eigenvalue weighted by Gasteiger charge is -2.08. The van der Waals surface area contributed by atoms with E-state index in [1.165, 1.54) is 12.1 Å². The lowest BCUT2D eigenvalue weighted by Crippen LogP contribution is -2.15. The predicted molar refractivity (Wildman–Crippen MR) is 61.1 cm³/mol. The molecule has 0 aliphatic carbocycles. The molecule has 1 aromatic carbocycles. The second-order valence-corrected chi connectivity index (χ2v) is 4.88. The zero-order valence-electron chi connectivity index (χ0n) is 9.17. The van der Waals surface area contributed by atoms with Crippen molar-refractivity contribution in [2.75, 3.05) is 12.9 Å². The lowest BCUT2D eigenvalue weighted by molar-refractivity contribution is 0.0697. The van der Waals surface area contributed by atoms with Crippen LogP contribution < -0.4 is 0 Å². The fourth-order valence-electron chi connectivity index (χ4n) is 1.13. The van der Waals surface area contributed by atoms with E-state index in [9.17, 15) is 9.00 Å². The Morgan fingerprint density at radius 3 is 2.44 bits per heavy atom. The standard InChI is InChI=1S/C11H14O4S/c1-8(15-2)7-16(14)10-5-3-9(4-6-10)11(12)13/h3-6,8H,7H2,1-2H3,(H,12,13). The molecule has 0 heterocycles. The Kier molecular flexibility index (Phi) is 4.64. The van der Waals surface area contributed by atoms with E-state index >= 15 is 0 Å². The van der Waals surface area contributed by atoms with Crippen molar-refractivity contribution in [3.05, 3.63) is 29.8 Å². The van der Waals surface area contributed by atoms with E-state index in [-0.39, 0.29) is 11.7 Å². The summed E-state index contributed by atoms with van der Waals surface area (Å²) in [6.07, 6.45) is -0.0833. The van der Waals surface area contributed by atoms with E-state index in [2.05, 4.69) is 0 Å². The molecule has 0 amide bonds. The van der Waals surface area contributed by atoms with E-state index in [4.69, 9.17) is 9.84 Å². The first-order valence-electron chi connectivity index (χ1n) is 4.79. The number of hydrogen-bond acceptors (Lipinski definition) is 3. The highest BCUT2D eigenvalue weighted by molar-refractivity contribution is 7.85. The van der Waals surface area contributed by atoms with Gasteiger partial charge in [-0.25, -0.2) is 4.79 Å². The van der Waals surface area contributed by atoms with Crippen LogP contribution in [-0.4, -0.2) is 34.3 Å². The molecule has 0 radical (unpaired) electrons. The number of benzene rings is 1. The smallest absolute Gasteiger partial charge is 0.335 e. The van der Waals surface area contributed by atoms with Crippen LogP contribution in [0.5, 0.6) is 0 Å². The highest BCUT2D eigenvalue weighted by atomic mass is 32.2. The van der Waals surface area contributed by atoms with Gasteiger partial charge in [-0.3, -0.25) is 4.21 Å². The Bertz CT molecular complexity index is 385. The van der Waals surface area contributed by atoms with E-state index < -0.39 is 16.8 Å². The maximum absolute atomic E-state index is 11.8. The monoisotopic (exact) mass is 242 g/mol. The number of carbonyl (C=O) groups is 1. The molecule has 0 fully saturated rings. The van der Waals surface area contributed by atoms with E-state index in [0.29, 0.717) is 10.6 Å². The van der Waals surface area contributed by atoms with Crippen molar-refractivity contribution in [1.82, 2.24) is 0 Å². The first-order valence-corrected chi connectivity index (χ1v) is 6.11. The second-order valence-electron chi connectivity index (χ2n) is 3.39. The third kappa shape index (κ3) is 3.43. The molecule has 0 aromatic heterocycles. The van der Waals surface area contributed by atoms with Gasteiger partial charge in [0.15, 0.2) is 0 Å². The summed E-state index contributed by atoms with van der Waals surface area (Å²) in [6.45, 7) is 1.84. The average Bonchev–Trinajstić information content (AvgIpc) is 2.28. The maximum atomic E-state index is 11.8. The van der Waals surface area contributed by atoms with Crippen LogP contribution in [0.15, 0.2) is 29.2 Å². The number of carboxylic acid groups (broad SMARTS) is 1. The summed E-state index contributed by atoms with van der Waals surface area (Å²) in [4.78, 5) is 11.2. The molecule has 5 heteroatoms. The average molecular weight is 242 g/mol. The van der Waals surface area contributed by atoms with Crippen LogP contribution in [0, 0.1) is 0 Å². The SMILES string of the molecule is COC(C)CS(=O)c1ccc(C(=O)O)cc1.